The zero-order valence-electron chi connectivity index (χ0n) is 13.1. The Kier molecular flexibility index (Phi) is 5.83. The maximum absolute atomic E-state index is 13.8. The summed E-state index contributed by atoms with van der Waals surface area (Å²) in [6.07, 6.45) is -4.27. The number of methoxy groups -OCH3 is 1. The van der Waals surface area contributed by atoms with Crippen LogP contribution in [0.25, 0.3) is 0 Å². The number of ether oxygens (including phenoxy) is 1. The predicted octanol–water partition coefficient (Wildman–Crippen LogP) is 4.25. The molecule has 0 saturated heterocycles. The van der Waals surface area contributed by atoms with Gasteiger partial charge in [-0.2, -0.15) is 22.0 Å². The van der Waals surface area contributed by atoms with Gasteiger partial charge in [-0.3, -0.25) is 9.78 Å². The molecule has 12 heteroatoms. The van der Waals surface area contributed by atoms with Gasteiger partial charge in [-0.15, -0.1) is 0 Å². The van der Waals surface area contributed by atoms with Crippen molar-refractivity contribution < 1.29 is 40.3 Å². The van der Waals surface area contributed by atoms with Crippen LogP contribution in [0.2, 0.25) is 5.02 Å². The molecule has 0 aliphatic carbocycles. The van der Waals surface area contributed by atoms with E-state index in [0.29, 0.717) is 12.3 Å². The summed E-state index contributed by atoms with van der Waals surface area (Å²) in [7, 11) is 0.762. The lowest BCUT2D eigenvalue weighted by atomic mass is 10.1. The van der Waals surface area contributed by atoms with E-state index in [1.165, 1.54) is 0 Å². The van der Waals surface area contributed by atoms with Crippen molar-refractivity contribution in [3.05, 3.63) is 57.4 Å². The molecule has 0 atom stereocenters. The Hall–Kier alpha value is -2.56. The average Bonchev–Trinajstić information content (AvgIpc) is 2.59. The Labute approximate surface area is 151 Å². The number of rotatable bonds is 4. The van der Waals surface area contributed by atoms with E-state index in [1.807, 2.05) is 5.32 Å². The van der Waals surface area contributed by atoms with Gasteiger partial charge >= 0.3 is 6.18 Å². The molecule has 0 bridgehead atoms. The third-order valence-electron chi connectivity index (χ3n) is 3.32. The van der Waals surface area contributed by atoms with E-state index in [9.17, 15) is 35.5 Å². The first-order chi connectivity index (χ1) is 12.5. The van der Waals surface area contributed by atoms with Crippen molar-refractivity contribution in [2.45, 2.75) is 12.7 Å². The number of hydrogen-bond donors (Lipinski definition) is 1. The summed E-state index contributed by atoms with van der Waals surface area (Å²) >= 11 is 5.62. The molecule has 0 aliphatic rings. The molecule has 0 spiro atoms. The molecule has 1 aromatic heterocycles. The molecule has 146 valence electrons. The van der Waals surface area contributed by atoms with Crippen molar-refractivity contribution in [3.63, 3.8) is 0 Å². The highest BCUT2D eigenvalue weighted by Crippen LogP contribution is 2.32. The van der Waals surface area contributed by atoms with Gasteiger partial charge in [0, 0.05) is 6.20 Å². The van der Waals surface area contributed by atoms with Crippen LogP contribution in [0.5, 0.6) is 5.75 Å². The molecule has 1 aromatic carbocycles. The standard InChI is InChI=1S/C15H8ClF7N2O2/c1-27-13-11(19)9(17)8(10(18)12(13)20)14(26)25-4-7-6(16)2-5(3-24-7)15(21,22)23/h2-3H,4H2,1H3,(H,25,26). The van der Waals surface area contributed by atoms with E-state index in [0.717, 1.165) is 7.11 Å². The van der Waals surface area contributed by atoms with Crippen LogP contribution < -0.4 is 10.1 Å². The minimum absolute atomic E-state index is 0.270. The number of nitrogens with zero attached hydrogens (tertiary/aromatic N) is 1. The van der Waals surface area contributed by atoms with Gasteiger partial charge in [0.05, 0.1) is 29.9 Å². The maximum Gasteiger partial charge on any atom is 0.417 e. The van der Waals surface area contributed by atoms with Gasteiger partial charge in [-0.25, -0.2) is 8.78 Å². The van der Waals surface area contributed by atoms with E-state index >= 15 is 0 Å². The average molecular weight is 417 g/mol. The van der Waals surface area contributed by atoms with Crippen LogP contribution in [0.4, 0.5) is 30.7 Å². The van der Waals surface area contributed by atoms with Crippen LogP contribution in [0.15, 0.2) is 12.3 Å². The van der Waals surface area contributed by atoms with Crippen LogP contribution >= 0.6 is 11.6 Å². The maximum atomic E-state index is 13.8. The number of alkyl halides is 3. The Morgan fingerprint density at radius 1 is 1.15 bits per heavy atom. The van der Waals surface area contributed by atoms with Crippen molar-refractivity contribution in [1.29, 1.82) is 0 Å². The van der Waals surface area contributed by atoms with Crippen LogP contribution in [-0.2, 0) is 12.7 Å². The molecule has 0 aliphatic heterocycles. The Morgan fingerprint density at radius 3 is 2.15 bits per heavy atom. The van der Waals surface area contributed by atoms with Crippen LogP contribution in [0.1, 0.15) is 21.6 Å². The van der Waals surface area contributed by atoms with Crippen LogP contribution in [-0.4, -0.2) is 18.0 Å². The summed E-state index contributed by atoms with van der Waals surface area (Å²) in [5.41, 5.74) is -3.00. The molecule has 1 amide bonds. The van der Waals surface area contributed by atoms with Crippen LogP contribution in [0, 0.1) is 23.3 Å². The van der Waals surface area contributed by atoms with Crippen molar-refractivity contribution in [1.82, 2.24) is 10.3 Å². The summed E-state index contributed by atoms with van der Waals surface area (Å²) in [6.45, 7) is -0.663. The number of carbonyl (C=O) groups excluding carboxylic acids is 1. The summed E-state index contributed by atoms with van der Waals surface area (Å²) in [6, 6.07) is 0.532. The van der Waals surface area contributed by atoms with Gasteiger partial charge in [-0.1, -0.05) is 11.6 Å². The molecule has 0 radical (unpaired) electrons. The minimum Gasteiger partial charge on any atom is -0.491 e. The highest BCUT2D eigenvalue weighted by Gasteiger charge is 2.32. The number of halogens is 8. The smallest absolute Gasteiger partial charge is 0.417 e. The van der Waals surface area contributed by atoms with Crippen molar-refractivity contribution >= 4 is 17.5 Å². The molecule has 0 saturated carbocycles. The fraction of sp³-hybridized carbons (Fsp3) is 0.200. The lowest BCUT2D eigenvalue weighted by Crippen LogP contribution is -2.27. The number of benzene rings is 1. The second-order valence-corrected chi connectivity index (χ2v) is 5.40. The van der Waals surface area contributed by atoms with Crippen molar-refractivity contribution in [2.75, 3.05) is 7.11 Å². The van der Waals surface area contributed by atoms with Crippen LogP contribution in [0.3, 0.4) is 0 Å². The lowest BCUT2D eigenvalue weighted by molar-refractivity contribution is -0.137. The zero-order valence-corrected chi connectivity index (χ0v) is 13.9. The van der Waals surface area contributed by atoms with Gasteiger partial charge in [0.1, 0.15) is 5.56 Å². The summed E-state index contributed by atoms with van der Waals surface area (Å²) in [5.74, 6) is -10.8. The fourth-order valence-electron chi connectivity index (χ4n) is 1.99. The van der Waals surface area contributed by atoms with Crippen molar-refractivity contribution in [3.8, 4) is 5.75 Å². The molecule has 0 unspecified atom stereocenters. The Morgan fingerprint density at radius 2 is 1.70 bits per heavy atom. The first-order valence-electron chi connectivity index (χ1n) is 6.88. The molecule has 1 heterocycles. The zero-order chi connectivity index (χ0) is 20.5. The van der Waals surface area contributed by atoms with E-state index in [2.05, 4.69) is 9.72 Å². The molecular formula is C15H8ClF7N2O2. The highest BCUT2D eigenvalue weighted by atomic mass is 35.5. The topological polar surface area (TPSA) is 51.2 Å². The third kappa shape index (κ3) is 4.07. The monoisotopic (exact) mass is 416 g/mol. The van der Waals surface area contributed by atoms with Gasteiger partial charge < -0.3 is 10.1 Å². The third-order valence-corrected chi connectivity index (χ3v) is 3.64. The van der Waals surface area contributed by atoms with E-state index in [-0.39, 0.29) is 5.69 Å². The van der Waals surface area contributed by atoms with Gasteiger partial charge in [0.2, 0.25) is 11.6 Å². The lowest BCUT2D eigenvalue weighted by Gasteiger charge is -2.12. The van der Waals surface area contributed by atoms with Gasteiger partial charge in [-0.05, 0) is 6.07 Å². The highest BCUT2D eigenvalue weighted by molar-refractivity contribution is 6.31. The second-order valence-electron chi connectivity index (χ2n) is 5.00. The Bertz CT molecular complexity index is 874. The number of hydrogen-bond acceptors (Lipinski definition) is 3. The predicted molar refractivity (Wildman–Crippen MR) is 78.2 cm³/mol. The SMILES string of the molecule is COc1c(F)c(F)c(C(=O)NCc2ncc(C(F)(F)F)cc2Cl)c(F)c1F. The molecule has 2 rings (SSSR count). The summed E-state index contributed by atoms with van der Waals surface area (Å²) in [5, 5.41) is 1.38. The van der Waals surface area contributed by atoms with E-state index in [1.54, 1.807) is 0 Å². The largest absolute Gasteiger partial charge is 0.491 e. The van der Waals surface area contributed by atoms with E-state index in [4.69, 9.17) is 11.6 Å². The minimum atomic E-state index is -4.71. The van der Waals surface area contributed by atoms with Gasteiger partial charge in [0.15, 0.2) is 17.4 Å². The molecule has 4 nitrogen and oxygen atoms in total. The van der Waals surface area contributed by atoms with E-state index < -0.39 is 63.8 Å². The second kappa shape index (κ2) is 7.59. The first-order valence-corrected chi connectivity index (χ1v) is 7.26. The molecule has 0 fully saturated rings. The molecular weight excluding hydrogens is 409 g/mol. The first kappa shape index (κ1) is 20.7. The quantitative estimate of drug-likeness (QED) is 0.599. The molecule has 27 heavy (non-hydrogen) atoms. The number of nitrogens with one attached hydrogen (secondary N) is 1. The Balaban J connectivity index is 2.27. The normalized spacial score (nSPS) is 11.4. The number of amides is 1. The number of aromatic nitrogens is 1. The molecule has 2 aromatic rings. The number of pyridine rings is 1. The summed E-state index contributed by atoms with van der Waals surface area (Å²) < 4.78 is 96.7. The fourth-order valence-corrected chi connectivity index (χ4v) is 2.23. The molecule has 1 N–H and O–H groups in total. The number of carbonyl (C=O) groups is 1. The summed E-state index contributed by atoms with van der Waals surface area (Å²) in [4.78, 5) is 15.3. The van der Waals surface area contributed by atoms with Gasteiger partial charge in [0.25, 0.3) is 5.91 Å². The van der Waals surface area contributed by atoms with Crippen molar-refractivity contribution in [2.24, 2.45) is 0 Å².